The van der Waals surface area contributed by atoms with E-state index in [-0.39, 0.29) is 22.8 Å². The minimum atomic E-state index is -2.46. The Hall–Kier alpha value is -4.55. The van der Waals surface area contributed by atoms with Gasteiger partial charge in [0.1, 0.15) is 17.6 Å². The van der Waals surface area contributed by atoms with Gasteiger partial charge in [-0.15, -0.1) is 0 Å². The Labute approximate surface area is 209 Å². The fraction of sp³-hybridized carbons (Fsp3) is 0.240. The van der Waals surface area contributed by atoms with E-state index >= 15 is 0 Å². The van der Waals surface area contributed by atoms with Crippen LogP contribution in [0.15, 0.2) is 48.6 Å². The molecule has 1 aliphatic rings. The maximum absolute atomic E-state index is 12.4. The number of hydrogen-bond donors (Lipinski definition) is 7. The van der Waals surface area contributed by atoms with Gasteiger partial charge in [0.05, 0.1) is 6.10 Å². The number of phenols is 4. The van der Waals surface area contributed by atoms with Gasteiger partial charge in [0, 0.05) is 31.1 Å². The molecule has 0 spiro atoms. The van der Waals surface area contributed by atoms with Crippen molar-refractivity contribution in [1.82, 2.24) is 0 Å². The van der Waals surface area contributed by atoms with Gasteiger partial charge in [-0.2, -0.15) is 0 Å². The van der Waals surface area contributed by atoms with Crippen molar-refractivity contribution in [3.8, 4) is 23.0 Å². The zero-order valence-electron chi connectivity index (χ0n) is 19.1. The molecule has 37 heavy (non-hydrogen) atoms. The van der Waals surface area contributed by atoms with Crippen LogP contribution >= 0.6 is 0 Å². The van der Waals surface area contributed by atoms with Crippen LogP contribution in [-0.4, -0.2) is 77.6 Å². The first kappa shape index (κ1) is 27.0. The van der Waals surface area contributed by atoms with E-state index in [1.54, 1.807) is 0 Å². The van der Waals surface area contributed by atoms with E-state index in [2.05, 4.69) is 0 Å². The largest absolute Gasteiger partial charge is 0.508 e. The van der Waals surface area contributed by atoms with Crippen molar-refractivity contribution >= 4 is 30.1 Å². The van der Waals surface area contributed by atoms with Crippen LogP contribution in [0.4, 0.5) is 0 Å². The number of carbonyl (C=O) groups is 3. The van der Waals surface area contributed by atoms with E-state index < -0.39 is 60.4 Å². The molecule has 2 aromatic rings. The number of aliphatic carboxylic acids is 1. The van der Waals surface area contributed by atoms with E-state index in [0.717, 1.165) is 24.3 Å². The SMILES string of the molecule is O=C(/C=C/c1cc(O)cc(O)c1)O[C@@H]1[C@H](O)C[C@@](O)(C(=O)O)C[C@H]1OC(=O)/C=C/c1ccc(O)c(O)c1. The summed E-state index contributed by atoms with van der Waals surface area (Å²) in [6, 6.07) is 7.31. The first-order chi connectivity index (χ1) is 17.4. The maximum atomic E-state index is 12.4. The molecule has 1 aliphatic carbocycles. The minimum absolute atomic E-state index is 0.243. The summed E-state index contributed by atoms with van der Waals surface area (Å²) in [6.07, 6.45) is -1.97. The molecule has 0 heterocycles. The maximum Gasteiger partial charge on any atom is 0.335 e. The number of aliphatic hydroxyl groups is 2. The molecule has 0 saturated heterocycles. The first-order valence-electron chi connectivity index (χ1n) is 10.8. The quantitative estimate of drug-likeness (QED) is 0.156. The molecular formula is C25H24O12. The fourth-order valence-electron chi connectivity index (χ4n) is 3.73. The van der Waals surface area contributed by atoms with Crippen LogP contribution in [0.1, 0.15) is 24.0 Å². The third-order valence-electron chi connectivity index (χ3n) is 5.50. The van der Waals surface area contributed by atoms with Crippen molar-refractivity contribution in [3.05, 3.63) is 59.7 Å². The second-order valence-electron chi connectivity index (χ2n) is 8.39. The van der Waals surface area contributed by atoms with Crippen molar-refractivity contribution in [2.45, 2.75) is 36.8 Å². The van der Waals surface area contributed by atoms with Crippen molar-refractivity contribution in [2.24, 2.45) is 0 Å². The lowest BCUT2D eigenvalue weighted by molar-refractivity contribution is -0.204. The highest BCUT2D eigenvalue weighted by molar-refractivity contribution is 5.88. The van der Waals surface area contributed by atoms with E-state index in [1.807, 2.05) is 0 Å². The molecule has 12 heteroatoms. The molecular weight excluding hydrogens is 492 g/mol. The van der Waals surface area contributed by atoms with Crippen molar-refractivity contribution in [2.75, 3.05) is 0 Å². The number of benzene rings is 2. The second kappa shape index (κ2) is 11.0. The Morgan fingerprint density at radius 1 is 0.811 bits per heavy atom. The Kier molecular flexibility index (Phi) is 8.05. The van der Waals surface area contributed by atoms with Crippen molar-refractivity contribution in [3.63, 3.8) is 0 Å². The molecule has 0 radical (unpaired) electrons. The zero-order valence-corrected chi connectivity index (χ0v) is 19.1. The van der Waals surface area contributed by atoms with Crippen LogP contribution in [0, 0.1) is 0 Å². The molecule has 4 atom stereocenters. The van der Waals surface area contributed by atoms with Gasteiger partial charge < -0.3 is 45.2 Å². The normalized spacial score (nSPS) is 23.7. The van der Waals surface area contributed by atoms with Crippen LogP contribution < -0.4 is 0 Å². The topological polar surface area (TPSA) is 211 Å². The molecule has 0 bridgehead atoms. The van der Waals surface area contributed by atoms with Crippen LogP contribution in [0.25, 0.3) is 12.2 Å². The molecule has 0 aromatic heterocycles. The van der Waals surface area contributed by atoms with Crippen LogP contribution in [0.5, 0.6) is 23.0 Å². The summed E-state index contributed by atoms with van der Waals surface area (Å²) in [6.45, 7) is 0. The van der Waals surface area contributed by atoms with Gasteiger partial charge in [0.2, 0.25) is 0 Å². The van der Waals surface area contributed by atoms with Crippen molar-refractivity contribution in [1.29, 1.82) is 0 Å². The number of aliphatic hydroxyl groups excluding tert-OH is 1. The van der Waals surface area contributed by atoms with Crippen LogP contribution in [-0.2, 0) is 23.9 Å². The molecule has 2 aromatic carbocycles. The van der Waals surface area contributed by atoms with Crippen molar-refractivity contribution < 1.29 is 59.6 Å². The van der Waals surface area contributed by atoms with Gasteiger partial charge in [-0.3, -0.25) is 0 Å². The second-order valence-corrected chi connectivity index (χ2v) is 8.39. The predicted octanol–water partition coefficient (Wildman–Crippen LogP) is 1.03. The number of ether oxygens (including phenoxy) is 2. The molecule has 3 rings (SSSR count). The zero-order chi connectivity index (χ0) is 27.3. The van der Waals surface area contributed by atoms with Gasteiger partial charge in [0.15, 0.2) is 23.2 Å². The Morgan fingerprint density at radius 2 is 1.41 bits per heavy atom. The highest BCUT2D eigenvalue weighted by Crippen LogP contribution is 2.33. The summed E-state index contributed by atoms with van der Waals surface area (Å²) in [7, 11) is 0. The lowest BCUT2D eigenvalue weighted by Crippen LogP contribution is -2.58. The third kappa shape index (κ3) is 6.99. The Morgan fingerprint density at radius 3 is 2.00 bits per heavy atom. The van der Waals surface area contributed by atoms with E-state index in [0.29, 0.717) is 5.56 Å². The van der Waals surface area contributed by atoms with Gasteiger partial charge in [-0.05, 0) is 47.5 Å². The Bertz CT molecular complexity index is 1230. The Balaban J connectivity index is 1.76. The number of carboxylic acid groups (broad SMARTS) is 1. The first-order valence-corrected chi connectivity index (χ1v) is 10.8. The molecule has 0 amide bonds. The lowest BCUT2D eigenvalue weighted by atomic mass is 9.79. The van der Waals surface area contributed by atoms with Gasteiger partial charge in [-0.25, -0.2) is 14.4 Å². The highest BCUT2D eigenvalue weighted by Gasteiger charge is 2.52. The lowest BCUT2D eigenvalue weighted by Gasteiger charge is -2.40. The molecule has 7 N–H and O–H groups in total. The molecule has 196 valence electrons. The number of rotatable bonds is 7. The van der Waals surface area contributed by atoms with Crippen LogP contribution in [0.3, 0.4) is 0 Å². The van der Waals surface area contributed by atoms with E-state index in [1.165, 1.54) is 36.4 Å². The molecule has 1 saturated carbocycles. The number of phenolic OH excluding ortho intramolecular Hbond substituents is 4. The number of carboxylic acids is 1. The predicted molar refractivity (Wildman–Crippen MR) is 125 cm³/mol. The molecule has 0 unspecified atom stereocenters. The van der Waals surface area contributed by atoms with Gasteiger partial charge in [-0.1, -0.05) is 6.07 Å². The summed E-state index contributed by atoms with van der Waals surface area (Å²) < 4.78 is 10.4. The standard InChI is InChI=1S/C25H24O12/c26-15-7-14(8-16(27)10-15)3-6-22(32)37-23-19(30)11-25(35,24(33)34)12-20(23)36-21(31)5-2-13-1-4-17(28)18(29)9-13/h1-10,19-20,23,26-30,35H,11-12H2,(H,33,34)/b5-2+,6-3+/t19-,20-,23-,25+/m1/s1. The van der Waals surface area contributed by atoms with E-state index in [9.17, 15) is 50.1 Å². The number of carbonyl (C=O) groups excluding carboxylic acids is 2. The van der Waals surface area contributed by atoms with Gasteiger partial charge >= 0.3 is 17.9 Å². The van der Waals surface area contributed by atoms with Crippen LogP contribution in [0.2, 0.25) is 0 Å². The fourth-order valence-corrected chi connectivity index (χ4v) is 3.73. The summed E-state index contributed by atoms with van der Waals surface area (Å²) in [5, 5.41) is 68.2. The summed E-state index contributed by atoms with van der Waals surface area (Å²) in [5.74, 6) is -5.05. The summed E-state index contributed by atoms with van der Waals surface area (Å²) >= 11 is 0. The smallest absolute Gasteiger partial charge is 0.335 e. The average Bonchev–Trinajstić information content (AvgIpc) is 2.80. The van der Waals surface area contributed by atoms with Gasteiger partial charge in [0.25, 0.3) is 0 Å². The van der Waals surface area contributed by atoms with E-state index in [4.69, 9.17) is 9.47 Å². The minimum Gasteiger partial charge on any atom is -0.508 e. The molecule has 0 aliphatic heterocycles. The average molecular weight is 516 g/mol. The number of hydrogen-bond acceptors (Lipinski definition) is 11. The number of aromatic hydroxyl groups is 4. The number of esters is 2. The molecule has 12 nitrogen and oxygen atoms in total. The monoisotopic (exact) mass is 516 g/mol. The highest BCUT2D eigenvalue weighted by atomic mass is 16.6. The molecule has 1 fully saturated rings. The summed E-state index contributed by atoms with van der Waals surface area (Å²) in [4.78, 5) is 36.3. The summed E-state index contributed by atoms with van der Waals surface area (Å²) in [5.41, 5.74) is -1.91. The third-order valence-corrected chi connectivity index (χ3v) is 5.50.